The normalized spacial score (nSPS) is 12.5. The Hall–Kier alpha value is -4.23. The molecule has 0 fully saturated rings. The van der Waals surface area contributed by atoms with Crippen LogP contribution >= 0.6 is 0 Å². The third-order valence-corrected chi connectivity index (χ3v) is 4.13. The van der Waals surface area contributed by atoms with Crippen LogP contribution in [0.2, 0.25) is 0 Å². The topological polar surface area (TPSA) is 177 Å². The number of nitriles is 1. The van der Waals surface area contributed by atoms with Crippen LogP contribution in [0.3, 0.4) is 0 Å². The number of benzene rings is 2. The Bertz CT molecular complexity index is 903. The molecule has 33 heavy (non-hydrogen) atoms. The summed E-state index contributed by atoms with van der Waals surface area (Å²) < 4.78 is 9.52. The fraction of sp³-hybridized carbons (Fsp3) is 0.261. The van der Waals surface area contributed by atoms with Crippen molar-refractivity contribution >= 4 is 23.9 Å². The number of rotatable bonds is 9. The van der Waals surface area contributed by atoms with Crippen LogP contribution in [0, 0.1) is 11.3 Å². The highest BCUT2D eigenvalue weighted by Gasteiger charge is 2.40. The maximum absolute atomic E-state index is 12.0. The molecule has 0 spiro atoms. The number of aliphatic carboxylic acids is 2. The number of hydrogen-bond donors (Lipinski definition) is 3. The fourth-order valence-electron chi connectivity index (χ4n) is 2.26. The number of ether oxygens (including phenoxy) is 2. The van der Waals surface area contributed by atoms with E-state index in [0.717, 1.165) is 6.42 Å². The van der Waals surface area contributed by atoms with E-state index in [-0.39, 0.29) is 17.2 Å². The van der Waals surface area contributed by atoms with E-state index in [9.17, 15) is 29.4 Å². The van der Waals surface area contributed by atoms with Gasteiger partial charge in [0.1, 0.15) is 0 Å². The van der Waals surface area contributed by atoms with Crippen molar-refractivity contribution in [2.24, 2.45) is 5.73 Å². The fourth-order valence-corrected chi connectivity index (χ4v) is 2.26. The molecule has 2 aromatic carbocycles. The molecular formula is C23H24N2O8. The third kappa shape index (κ3) is 9.20. The predicted octanol–water partition coefficient (Wildman–Crippen LogP) is 2.24. The highest BCUT2D eigenvalue weighted by Crippen LogP contribution is 2.13. The Labute approximate surface area is 190 Å². The lowest BCUT2D eigenvalue weighted by Crippen LogP contribution is -2.45. The summed E-state index contributed by atoms with van der Waals surface area (Å²) in [5.74, 6) is -5.63. The van der Waals surface area contributed by atoms with E-state index in [1.54, 1.807) is 12.1 Å². The van der Waals surface area contributed by atoms with Crippen LogP contribution in [0.5, 0.6) is 0 Å². The summed E-state index contributed by atoms with van der Waals surface area (Å²) in [7, 11) is 0. The molecule has 0 unspecified atom stereocenters. The lowest BCUT2D eigenvalue weighted by atomic mass is 10.1. The smallest absolute Gasteiger partial charge is 0.349 e. The van der Waals surface area contributed by atoms with Crippen LogP contribution in [0.4, 0.5) is 0 Å². The van der Waals surface area contributed by atoms with Gasteiger partial charge < -0.3 is 25.4 Å². The van der Waals surface area contributed by atoms with Crippen molar-refractivity contribution in [3.8, 4) is 6.07 Å². The van der Waals surface area contributed by atoms with E-state index < -0.39 is 36.1 Å². The standard InChI is InChI=1S/C18H14O8.C5H10N2/c19-15(20)13(25-17(23)11-7-3-1-4-8-11)14(16(21)22)26-18(24)12-9-5-2-6-10-12;1-2-5(7)3-4-6/h1-10,13-14H,(H,19,20)(H,21,22);5H,2-3,7H2,1H3/t13-,14-;5-/m11/s1. The maximum Gasteiger partial charge on any atom is 0.349 e. The molecule has 2 aromatic rings. The summed E-state index contributed by atoms with van der Waals surface area (Å²) in [5.41, 5.74) is 5.41. The molecule has 0 heterocycles. The monoisotopic (exact) mass is 456 g/mol. The van der Waals surface area contributed by atoms with Crippen molar-refractivity contribution in [3.63, 3.8) is 0 Å². The highest BCUT2D eigenvalue weighted by molar-refractivity contribution is 5.95. The Morgan fingerprint density at radius 2 is 1.21 bits per heavy atom. The molecular weight excluding hydrogens is 432 g/mol. The summed E-state index contributed by atoms with van der Waals surface area (Å²) in [6.07, 6.45) is -3.05. The van der Waals surface area contributed by atoms with Crippen molar-refractivity contribution in [2.75, 3.05) is 0 Å². The summed E-state index contributed by atoms with van der Waals surface area (Å²) >= 11 is 0. The number of carboxylic acids is 2. The molecule has 0 aliphatic carbocycles. The quantitative estimate of drug-likeness (QED) is 0.474. The Morgan fingerprint density at radius 3 is 1.45 bits per heavy atom. The molecule has 4 N–H and O–H groups in total. The second kappa shape index (κ2) is 14.0. The lowest BCUT2D eigenvalue weighted by Gasteiger charge is -2.21. The van der Waals surface area contributed by atoms with Crippen LogP contribution in [0.1, 0.15) is 40.5 Å². The molecule has 0 bridgehead atoms. The van der Waals surface area contributed by atoms with Crippen molar-refractivity contribution in [1.82, 2.24) is 0 Å². The van der Waals surface area contributed by atoms with E-state index >= 15 is 0 Å². The van der Waals surface area contributed by atoms with Gasteiger partial charge in [-0.1, -0.05) is 43.3 Å². The van der Waals surface area contributed by atoms with Gasteiger partial charge in [-0.2, -0.15) is 5.26 Å². The average molecular weight is 456 g/mol. The maximum atomic E-state index is 12.0. The molecule has 0 saturated carbocycles. The van der Waals surface area contributed by atoms with Crippen LogP contribution in [-0.2, 0) is 19.1 Å². The number of nitrogens with zero attached hydrogens (tertiary/aromatic N) is 1. The SMILES string of the molecule is CC[C@@H](N)CC#N.O=C(O[C@@H](C(=O)O)[C@@H](OC(=O)c1ccccc1)C(=O)O)c1ccccc1. The molecule has 2 rings (SSSR count). The van der Waals surface area contributed by atoms with Gasteiger partial charge in [-0.25, -0.2) is 19.2 Å². The first kappa shape index (κ1) is 26.8. The Kier molecular flexibility index (Phi) is 11.3. The number of carboxylic acid groups (broad SMARTS) is 2. The van der Waals surface area contributed by atoms with Crippen LogP contribution in [0.25, 0.3) is 0 Å². The lowest BCUT2D eigenvalue weighted by molar-refractivity contribution is -0.166. The van der Waals surface area contributed by atoms with Crippen LogP contribution in [-0.4, -0.2) is 52.3 Å². The number of hydrogen-bond acceptors (Lipinski definition) is 8. The average Bonchev–Trinajstić information content (AvgIpc) is 2.82. The minimum atomic E-state index is -2.21. The molecule has 174 valence electrons. The number of carbonyl (C=O) groups is 4. The molecule has 10 nitrogen and oxygen atoms in total. The van der Waals surface area contributed by atoms with Gasteiger partial charge in [0.15, 0.2) is 0 Å². The zero-order valence-corrected chi connectivity index (χ0v) is 17.8. The van der Waals surface area contributed by atoms with Crippen molar-refractivity contribution < 1.29 is 38.9 Å². The van der Waals surface area contributed by atoms with Crippen molar-refractivity contribution in [3.05, 3.63) is 71.8 Å². The van der Waals surface area contributed by atoms with Crippen LogP contribution < -0.4 is 5.73 Å². The molecule has 10 heteroatoms. The van der Waals surface area contributed by atoms with E-state index in [1.807, 2.05) is 13.0 Å². The van der Waals surface area contributed by atoms with Crippen molar-refractivity contribution in [2.45, 2.75) is 38.0 Å². The van der Waals surface area contributed by atoms with E-state index in [2.05, 4.69) is 0 Å². The first-order valence-electron chi connectivity index (χ1n) is 9.81. The van der Waals surface area contributed by atoms with Gasteiger partial charge in [0.05, 0.1) is 23.6 Å². The van der Waals surface area contributed by atoms with Gasteiger partial charge >= 0.3 is 23.9 Å². The van der Waals surface area contributed by atoms with Crippen molar-refractivity contribution in [1.29, 1.82) is 5.26 Å². The second-order valence-electron chi connectivity index (χ2n) is 6.59. The molecule has 0 aromatic heterocycles. The Balaban J connectivity index is 0.000000675. The second-order valence-corrected chi connectivity index (χ2v) is 6.59. The summed E-state index contributed by atoms with van der Waals surface area (Å²) in [6, 6.07) is 16.9. The van der Waals surface area contributed by atoms with Gasteiger partial charge in [0.25, 0.3) is 0 Å². The summed E-state index contributed by atoms with van der Waals surface area (Å²) in [5, 5.41) is 26.5. The number of carbonyl (C=O) groups excluding carboxylic acids is 2. The minimum absolute atomic E-state index is 0.0253. The summed E-state index contributed by atoms with van der Waals surface area (Å²) in [4.78, 5) is 46.8. The number of esters is 2. The zero-order valence-electron chi connectivity index (χ0n) is 17.8. The molecule has 0 aliphatic heterocycles. The van der Waals surface area contributed by atoms with Gasteiger partial charge in [-0.3, -0.25) is 0 Å². The predicted molar refractivity (Wildman–Crippen MR) is 115 cm³/mol. The molecule has 0 radical (unpaired) electrons. The highest BCUT2D eigenvalue weighted by atomic mass is 16.6. The van der Waals surface area contributed by atoms with Gasteiger partial charge in [0.2, 0.25) is 12.2 Å². The molecule has 0 aliphatic rings. The molecule has 0 saturated heterocycles. The van der Waals surface area contributed by atoms with E-state index in [1.165, 1.54) is 48.5 Å². The molecule has 0 amide bonds. The van der Waals surface area contributed by atoms with E-state index in [0.29, 0.717) is 6.42 Å². The van der Waals surface area contributed by atoms with Gasteiger partial charge in [-0.15, -0.1) is 0 Å². The summed E-state index contributed by atoms with van der Waals surface area (Å²) in [6.45, 7) is 1.97. The van der Waals surface area contributed by atoms with Crippen LogP contribution in [0.15, 0.2) is 60.7 Å². The first-order valence-corrected chi connectivity index (χ1v) is 9.81. The number of nitrogens with two attached hydrogens (primary N) is 1. The zero-order chi connectivity index (χ0) is 24.8. The molecule has 3 atom stereocenters. The van der Waals surface area contributed by atoms with Gasteiger partial charge in [0, 0.05) is 6.04 Å². The third-order valence-electron chi connectivity index (χ3n) is 4.13. The van der Waals surface area contributed by atoms with Gasteiger partial charge in [-0.05, 0) is 30.7 Å². The minimum Gasteiger partial charge on any atom is -0.478 e. The largest absolute Gasteiger partial charge is 0.478 e. The first-order chi connectivity index (χ1) is 15.7. The van der Waals surface area contributed by atoms with E-state index in [4.69, 9.17) is 20.5 Å². The Morgan fingerprint density at radius 1 is 0.848 bits per heavy atom.